The maximum absolute atomic E-state index is 13.1. The topological polar surface area (TPSA) is 38.8 Å². The number of methoxy groups -OCH3 is 2. The van der Waals surface area contributed by atoms with Crippen molar-refractivity contribution < 1.29 is 14.3 Å². The van der Waals surface area contributed by atoms with Crippen molar-refractivity contribution in [3.63, 3.8) is 0 Å². The second-order valence-corrected chi connectivity index (χ2v) is 6.65. The molecule has 0 aromatic heterocycles. The molecule has 1 unspecified atom stereocenters. The fourth-order valence-corrected chi connectivity index (χ4v) is 3.64. The van der Waals surface area contributed by atoms with E-state index in [0.717, 1.165) is 29.9 Å². The van der Waals surface area contributed by atoms with Gasteiger partial charge >= 0.3 is 0 Å². The zero-order chi connectivity index (χ0) is 18.0. The number of rotatable bonds is 4. The third-order valence-corrected chi connectivity index (χ3v) is 5.31. The predicted molar refractivity (Wildman–Crippen MR) is 99.0 cm³/mol. The lowest BCUT2D eigenvalue weighted by atomic mass is 10.0. The molecule has 25 heavy (non-hydrogen) atoms. The van der Waals surface area contributed by atoms with E-state index in [0.29, 0.717) is 17.1 Å². The van der Waals surface area contributed by atoms with Crippen molar-refractivity contribution in [2.45, 2.75) is 18.9 Å². The van der Waals surface area contributed by atoms with Gasteiger partial charge in [-0.3, -0.25) is 4.79 Å². The minimum absolute atomic E-state index is 0.0902. The Morgan fingerprint density at radius 3 is 2.68 bits per heavy atom. The van der Waals surface area contributed by atoms with Crippen LogP contribution in [0.15, 0.2) is 36.4 Å². The van der Waals surface area contributed by atoms with Crippen LogP contribution in [-0.4, -0.2) is 31.6 Å². The van der Waals surface area contributed by atoms with Crippen molar-refractivity contribution in [1.29, 1.82) is 0 Å². The van der Waals surface area contributed by atoms with Crippen LogP contribution in [0.4, 0.5) is 0 Å². The van der Waals surface area contributed by atoms with E-state index in [1.807, 2.05) is 23.1 Å². The van der Waals surface area contributed by atoms with Crippen molar-refractivity contribution in [2.75, 3.05) is 20.8 Å². The Morgan fingerprint density at radius 1 is 1.16 bits per heavy atom. The molecule has 0 N–H and O–H groups in total. The summed E-state index contributed by atoms with van der Waals surface area (Å²) in [6.07, 6.45) is 1.77. The molecule has 1 heterocycles. The Balaban J connectivity index is 1.98. The molecule has 2 aromatic carbocycles. The zero-order valence-corrected chi connectivity index (χ0v) is 15.6. The number of ether oxygens (including phenoxy) is 2. The van der Waals surface area contributed by atoms with Gasteiger partial charge < -0.3 is 14.4 Å². The molecule has 0 aliphatic carbocycles. The SMILES string of the molecule is COc1ccc(OC)c(C2CCCN2C(=O)c2cccc(Cl)c2Cl)c1. The van der Waals surface area contributed by atoms with Crippen molar-refractivity contribution >= 4 is 29.1 Å². The molecule has 0 radical (unpaired) electrons. The lowest BCUT2D eigenvalue weighted by molar-refractivity contribution is 0.0734. The minimum atomic E-state index is -0.125. The standard InChI is InChI=1S/C19H19Cl2NO3/c1-24-12-8-9-17(25-2)14(11-12)16-7-4-10-22(16)19(23)13-5-3-6-15(20)18(13)21/h3,5-6,8-9,11,16H,4,7,10H2,1-2H3. The van der Waals surface area contributed by atoms with Gasteiger partial charge in [-0.2, -0.15) is 0 Å². The molecule has 1 amide bonds. The zero-order valence-electron chi connectivity index (χ0n) is 14.1. The Hall–Kier alpha value is -1.91. The number of benzene rings is 2. The first-order valence-electron chi connectivity index (χ1n) is 8.03. The monoisotopic (exact) mass is 379 g/mol. The molecule has 0 saturated carbocycles. The van der Waals surface area contributed by atoms with E-state index in [1.54, 1.807) is 32.4 Å². The third-order valence-electron chi connectivity index (χ3n) is 4.49. The second kappa shape index (κ2) is 7.54. The van der Waals surface area contributed by atoms with Gasteiger partial charge in [-0.1, -0.05) is 29.3 Å². The Morgan fingerprint density at radius 2 is 1.96 bits per heavy atom. The summed E-state index contributed by atoms with van der Waals surface area (Å²) in [5, 5.41) is 0.666. The van der Waals surface area contributed by atoms with Crippen LogP contribution in [0.1, 0.15) is 34.8 Å². The summed E-state index contributed by atoms with van der Waals surface area (Å²) in [6, 6.07) is 10.7. The molecule has 4 nitrogen and oxygen atoms in total. The van der Waals surface area contributed by atoms with Gasteiger partial charge in [0.15, 0.2) is 0 Å². The molecule has 1 aliphatic rings. The molecule has 0 bridgehead atoms. The van der Waals surface area contributed by atoms with Crippen LogP contribution in [-0.2, 0) is 0 Å². The van der Waals surface area contributed by atoms with E-state index >= 15 is 0 Å². The van der Waals surface area contributed by atoms with Crippen molar-refractivity contribution in [3.8, 4) is 11.5 Å². The highest BCUT2D eigenvalue weighted by Gasteiger charge is 2.33. The molecule has 1 atom stereocenters. The minimum Gasteiger partial charge on any atom is -0.497 e. The molecule has 1 fully saturated rings. The van der Waals surface area contributed by atoms with E-state index in [4.69, 9.17) is 32.7 Å². The van der Waals surface area contributed by atoms with Crippen LogP contribution < -0.4 is 9.47 Å². The van der Waals surface area contributed by atoms with Crippen LogP contribution in [0.2, 0.25) is 10.0 Å². The quantitative estimate of drug-likeness (QED) is 0.750. The summed E-state index contributed by atoms with van der Waals surface area (Å²) in [4.78, 5) is 14.9. The molecule has 1 saturated heterocycles. The van der Waals surface area contributed by atoms with Crippen LogP contribution in [0, 0.1) is 0 Å². The molecule has 0 spiro atoms. The summed E-state index contributed by atoms with van der Waals surface area (Å²) in [7, 11) is 3.25. The van der Waals surface area contributed by atoms with Gasteiger partial charge in [0.2, 0.25) is 0 Å². The van der Waals surface area contributed by atoms with Gasteiger partial charge in [0.1, 0.15) is 11.5 Å². The van der Waals surface area contributed by atoms with Crippen molar-refractivity contribution in [1.82, 2.24) is 4.90 Å². The lowest BCUT2D eigenvalue weighted by Gasteiger charge is -2.27. The summed E-state index contributed by atoms with van der Waals surface area (Å²) in [5.41, 5.74) is 1.36. The number of amides is 1. The number of carbonyl (C=O) groups excluding carboxylic acids is 1. The maximum atomic E-state index is 13.1. The summed E-state index contributed by atoms with van der Waals surface area (Å²) < 4.78 is 10.8. The van der Waals surface area contributed by atoms with E-state index in [2.05, 4.69) is 0 Å². The molecule has 2 aromatic rings. The molecule has 1 aliphatic heterocycles. The van der Waals surface area contributed by atoms with E-state index in [9.17, 15) is 4.79 Å². The van der Waals surface area contributed by atoms with Crippen LogP contribution in [0.3, 0.4) is 0 Å². The van der Waals surface area contributed by atoms with Gasteiger partial charge in [0.25, 0.3) is 5.91 Å². The van der Waals surface area contributed by atoms with Gasteiger partial charge in [-0.15, -0.1) is 0 Å². The van der Waals surface area contributed by atoms with Gasteiger partial charge in [0, 0.05) is 12.1 Å². The first-order valence-corrected chi connectivity index (χ1v) is 8.79. The predicted octanol–water partition coefficient (Wildman–Crippen LogP) is 4.99. The number of hydrogen-bond donors (Lipinski definition) is 0. The first-order chi connectivity index (χ1) is 12.1. The Bertz CT molecular complexity index is 794. The normalized spacial score (nSPS) is 16.8. The summed E-state index contributed by atoms with van der Waals surface area (Å²) >= 11 is 12.3. The fraction of sp³-hybridized carbons (Fsp3) is 0.316. The van der Waals surface area contributed by atoms with E-state index in [1.165, 1.54) is 0 Å². The second-order valence-electron chi connectivity index (χ2n) is 5.87. The molecule has 132 valence electrons. The smallest absolute Gasteiger partial charge is 0.255 e. The van der Waals surface area contributed by atoms with Crippen LogP contribution in [0.25, 0.3) is 0 Å². The highest BCUT2D eigenvalue weighted by molar-refractivity contribution is 6.43. The first kappa shape index (κ1) is 17.9. The van der Waals surface area contributed by atoms with Gasteiger partial charge in [-0.25, -0.2) is 0 Å². The summed E-state index contributed by atoms with van der Waals surface area (Å²) in [6.45, 7) is 0.659. The maximum Gasteiger partial charge on any atom is 0.255 e. The number of likely N-dealkylation sites (tertiary alicyclic amines) is 1. The third kappa shape index (κ3) is 3.42. The number of nitrogens with zero attached hydrogens (tertiary/aromatic N) is 1. The number of halogens is 2. The number of carbonyl (C=O) groups is 1. The average molecular weight is 380 g/mol. The van der Waals surface area contributed by atoms with Gasteiger partial charge in [-0.05, 0) is 43.2 Å². The average Bonchev–Trinajstić information content (AvgIpc) is 3.12. The van der Waals surface area contributed by atoms with Crippen molar-refractivity contribution in [2.24, 2.45) is 0 Å². The highest BCUT2D eigenvalue weighted by atomic mass is 35.5. The summed E-state index contributed by atoms with van der Waals surface area (Å²) in [5.74, 6) is 1.35. The van der Waals surface area contributed by atoms with E-state index < -0.39 is 0 Å². The highest BCUT2D eigenvalue weighted by Crippen LogP contribution is 2.40. The van der Waals surface area contributed by atoms with Gasteiger partial charge in [0.05, 0.1) is 35.9 Å². The molecule has 3 rings (SSSR count). The van der Waals surface area contributed by atoms with Crippen molar-refractivity contribution in [3.05, 3.63) is 57.6 Å². The number of hydrogen-bond acceptors (Lipinski definition) is 3. The Labute approximate surface area is 157 Å². The molecular weight excluding hydrogens is 361 g/mol. The van der Waals surface area contributed by atoms with Crippen LogP contribution in [0.5, 0.6) is 11.5 Å². The molecule has 6 heteroatoms. The van der Waals surface area contributed by atoms with Crippen LogP contribution >= 0.6 is 23.2 Å². The largest absolute Gasteiger partial charge is 0.497 e. The molecular formula is C19H19Cl2NO3. The lowest BCUT2D eigenvalue weighted by Crippen LogP contribution is -2.31. The Kier molecular flexibility index (Phi) is 5.40. The van der Waals surface area contributed by atoms with E-state index in [-0.39, 0.29) is 17.0 Å². The fourth-order valence-electron chi connectivity index (χ4n) is 3.26.